The van der Waals surface area contributed by atoms with E-state index in [2.05, 4.69) is 44.3 Å². The van der Waals surface area contributed by atoms with Gasteiger partial charge in [-0.3, -0.25) is 4.79 Å². The lowest BCUT2D eigenvalue weighted by Gasteiger charge is -2.24. The number of hydrogen-bond acceptors (Lipinski definition) is 3. The molecule has 132 valence electrons. The molecule has 5 heteroatoms. The second kappa shape index (κ2) is 7.38. The van der Waals surface area contributed by atoms with Crippen molar-refractivity contribution in [2.75, 3.05) is 0 Å². The largest absolute Gasteiger partial charge is 0.349 e. The summed E-state index contributed by atoms with van der Waals surface area (Å²) >= 11 is 0. The fourth-order valence-corrected chi connectivity index (χ4v) is 4.39. The highest BCUT2D eigenvalue weighted by Crippen LogP contribution is 2.35. The quantitative estimate of drug-likeness (QED) is 0.907. The fraction of sp³-hybridized carbons (Fsp3) is 0.550. The van der Waals surface area contributed by atoms with Crippen LogP contribution in [0.25, 0.3) is 0 Å². The molecule has 1 fully saturated rings. The molecular weight excluding hydrogens is 312 g/mol. The number of aryl methyl sites for hydroxylation is 1. The zero-order valence-corrected chi connectivity index (χ0v) is 14.7. The predicted molar refractivity (Wildman–Crippen MR) is 96.1 cm³/mol. The Morgan fingerprint density at radius 1 is 1.16 bits per heavy atom. The van der Waals surface area contributed by atoms with Crippen molar-refractivity contribution in [1.82, 2.24) is 20.1 Å². The molecule has 1 heterocycles. The van der Waals surface area contributed by atoms with Crippen molar-refractivity contribution >= 4 is 5.91 Å². The first-order valence-electron chi connectivity index (χ1n) is 9.54. The monoisotopic (exact) mass is 338 g/mol. The Labute approximate surface area is 148 Å². The Balaban J connectivity index is 1.33. The van der Waals surface area contributed by atoms with E-state index in [0.717, 1.165) is 18.7 Å². The van der Waals surface area contributed by atoms with Gasteiger partial charge in [0.2, 0.25) is 5.91 Å². The van der Waals surface area contributed by atoms with Crippen molar-refractivity contribution in [3.05, 3.63) is 47.5 Å². The highest BCUT2D eigenvalue weighted by atomic mass is 16.1. The first-order valence-corrected chi connectivity index (χ1v) is 9.54. The number of aromatic nitrogens is 3. The Morgan fingerprint density at radius 3 is 2.88 bits per heavy atom. The highest BCUT2D eigenvalue weighted by molar-refractivity contribution is 5.77. The molecule has 0 aliphatic heterocycles. The molecule has 0 spiro atoms. The van der Waals surface area contributed by atoms with E-state index in [1.54, 1.807) is 0 Å². The summed E-state index contributed by atoms with van der Waals surface area (Å²) in [5.74, 6) is 1.35. The van der Waals surface area contributed by atoms with Gasteiger partial charge in [0, 0.05) is 12.5 Å². The van der Waals surface area contributed by atoms with Gasteiger partial charge >= 0.3 is 0 Å². The first-order chi connectivity index (χ1) is 12.3. The van der Waals surface area contributed by atoms with Gasteiger partial charge in [0.15, 0.2) is 5.82 Å². The van der Waals surface area contributed by atoms with Crippen LogP contribution >= 0.6 is 0 Å². The van der Waals surface area contributed by atoms with Gasteiger partial charge in [-0.1, -0.05) is 43.5 Å². The topological polar surface area (TPSA) is 59.8 Å². The van der Waals surface area contributed by atoms with Crippen molar-refractivity contribution in [3.8, 4) is 0 Å². The Bertz CT molecular complexity index is 733. The number of rotatable bonds is 5. The smallest absolute Gasteiger partial charge is 0.220 e. The van der Waals surface area contributed by atoms with Crippen LogP contribution in [-0.4, -0.2) is 20.7 Å². The molecule has 0 radical (unpaired) electrons. The maximum absolute atomic E-state index is 12.4. The normalized spacial score (nSPS) is 20.4. The predicted octanol–water partition coefficient (Wildman–Crippen LogP) is 3.52. The lowest BCUT2D eigenvalue weighted by atomic mass is 9.95. The highest BCUT2D eigenvalue weighted by Gasteiger charge is 2.24. The van der Waals surface area contributed by atoms with Crippen LogP contribution in [0.5, 0.6) is 0 Å². The number of nitrogens with zero attached hydrogens (tertiary/aromatic N) is 3. The third-order valence-corrected chi connectivity index (χ3v) is 5.75. The summed E-state index contributed by atoms with van der Waals surface area (Å²) < 4.78 is 2.17. The van der Waals surface area contributed by atoms with Crippen LogP contribution in [0.1, 0.15) is 73.9 Å². The second-order valence-corrected chi connectivity index (χ2v) is 7.36. The molecule has 5 nitrogen and oxygen atoms in total. The Kier molecular flexibility index (Phi) is 4.81. The van der Waals surface area contributed by atoms with Crippen molar-refractivity contribution in [1.29, 1.82) is 0 Å². The minimum absolute atomic E-state index is 0.111. The second-order valence-electron chi connectivity index (χ2n) is 7.36. The molecule has 0 bridgehead atoms. The summed E-state index contributed by atoms with van der Waals surface area (Å²) in [4.78, 5) is 12.4. The van der Waals surface area contributed by atoms with Crippen LogP contribution in [0, 0.1) is 0 Å². The Morgan fingerprint density at radius 2 is 2.00 bits per heavy atom. The van der Waals surface area contributed by atoms with Gasteiger partial charge in [-0.2, -0.15) is 0 Å². The van der Waals surface area contributed by atoms with E-state index >= 15 is 0 Å². The zero-order valence-electron chi connectivity index (χ0n) is 14.7. The van der Waals surface area contributed by atoms with Crippen molar-refractivity contribution in [2.45, 2.75) is 69.9 Å². The van der Waals surface area contributed by atoms with Crippen LogP contribution < -0.4 is 5.32 Å². The number of hydrogen-bond donors (Lipinski definition) is 1. The van der Waals surface area contributed by atoms with Gasteiger partial charge in [-0.25, -0.2) is 0 Å². The van der Waals surface area contributed by atoms with Crippen LogP contribution in [0.2, 0.25) is 0 Å². The molecule has 0 saturated heterocycles. The number of carbonyl (C=O) groups excluding carboxylic acids is 1. The van der Waals surface area contributed by atoms with Crippen LogP contribution in [0.3, 0.4) is 0 Å². The molecule has 2 aromatic rings. The number of fused-ring (bicyclic) bond motifs is 1. The van der Waals surface area contributed by atoms with Gasteiger partial charge in [0.1, 0.15) is 6.33 Å². The van der Waals surface area contributed by atoms with Crippen LogP contribution in [0.15, 0.2) is 30.6 Å². The minimum Gasteiger partial charge on any atom is -0.349 e. The number of nitrogens with one attached hydrogen (secondary N) is 1. The van der Waals surface area contributed by atoms with E-state index in [-0.39, 0.29) is 5.91 Å². The van der Waals surface area contributed by atoms with Gasteiger partial charge in [-0.15, -0.1) is 10.2 Å². The maximum Gasteiger partial charge on any atom is 0.220 e. The van der Waals surface area contributed by atoms with Crippen molar-refractivity contribution in [2.24, 2.45) is 0 Å². The zero-order chi connectivity index (χ0) is 17.1. The van der Waals surface area contributed by atoms with Gasteiger partial charge in [0.05, 0.1) is 6.54 Å². The Hall–Kier alpha value is -2.17. The van der Waals surface area contributed by atoms with Crippen molar-refractivity contribution in [3.63, 3.8) is 0 Å². The van der Waals surface area contributed by atoms with E-state index in [0.29, 0.717) is 24.9 Å². The summed E-state index contributed by atoms with van der Waals surface area (Å²) in [6, 6.07) is 9.00. The molecule has 1 aromatic carbocycles. The molecule has 25 heavy (non-hydrogen) atoms. The molecule has 1 amide bonds. The van der Waals surface area contributed by atoms with Gasteiger partial charge < -0.3 is 9.88 Å². The minimum atomic E-state index is 0.111. The molecule has 1 N–H and O–H groups in total. The molecule has 1 unspecified atom stereocenters. The summed E-state index contributed by atoms with van der Waals surface area (Å²) in [6.45, 7) is 0.476. The number of carbonyl (C=O) groups is 1. The average molecular weight is 338 g/mol. The summed E-state index contributed by atoms with van der Waals surface area (Å²) in [5, 5.41) is 11.4. The van der Waals surface area contributed by atoms with E-state index in [4.69, 9.17) is 0 Å². The molecule has 1 aromatic heterocycles. The van der Waals surface area contributed by atoms with E-state index in [1.807, 2.05) is 6.33 Å². The molecule has 1 atom stereocenters. The summed E-state index contributed by atoms with van der Waals surface area (Å²) in [7, 11) is 0. The van der Waals surface area contributed by atoms with E-state index < -0.39 is 0 Å². The molecule has 2 aliphatic carbocycles. The summed E-state index contributed by atoms with van der Waals surface area (Å²) in [6.07, 6.45) is 10.8. The maximum atomic E-state index is 12.4. The number of amides is 1. The third-order valence-electron chi connectivity index (χ3n) is 5.75. The van der Waals surface area contributed by atoms with E-state index in [1.165, 1.54) is 43.2 Å². The van der Waals surface area contributed by atoms with E-state index in [9.17, 15) is 4.79 Å². The van der Waals surface area contributed by atoms with Crippen LogP contribution in [-0.2, 0) is 17.8 Å². The standard InChI is InChI=1S/C20H26N4O/c25-20(12-16-11-10-15-6-4-5-9-18(15)16)21-13-19-23-22-14-24(19)17-7-2-1-3-8-17/h4-6,9,14,16-17H,1-3,7-8,10-13H2,(H,21,25). The summed E-state index contributed by atoms with van der Waals surface area (Å²) in [5.41, 5.74) is 2.75. The molecule has 1 saturated carbocycles. The molecular formula is C20H26N4O. The van der Waals surface area contributed by atoms with Gasteiger partial charge in [0.25, 0.3) is 0 Å². The molecule has 4 rings (SSSR count). The van der Waals surface area contributed by atoms with Gasteiger partial charge in [-0.05, 0) is 42.7 Å². The third kappa shape index (κ3) is 3.60. The fourth-order valence-electron chi connectivity index (χ4n) is 4.39. The van der Waals surface area contributed by atoms with Crippen LogP contribution in [0.4, 0.5) is 0 Å². The van der Waals surface area contributed by atoms with Crippen molar-refractivity contribution < 1.29 is 4.79 Å². The first kappa shape index (κ1) is 16.3. The molecule has 2 aliphatic rings. The lowest BCUT2D eigenvalue weighted by molar-refractivity contribution is -0.121. The SMILES string of the molecule is O=C(CC1CCc2ccccc21)NCc1nncn1C1CCCCC1. The number of benzene rings is 1. The lowest BCUT2D eigenvalue weighted by Crippen LogP contribution is -2.27. The average Bonchev–Trinajstić information content (AvgIpc) is 3.28.